The van der Waals surface area contributed by atoms with E-state index in [1.165, 1.54) is 5.56 Å². The molecule has 0 aliphatic carbocycles. The lowest BCUT2D eigenvalue weighted by molar-refractivity contribution is 0.322. The van der Waals surface area contributed by atoms with E-state index in [1.54, 1.807) is 7.11 Å². The molecule has 0 unspecified atom stereocenters. The summed E-state index contributed by atoms with van der Waals surface area (Å²) in [6.45, 7) is 5.42. The van der Waals surface area contributed by atoms with Crippen LogP contribution >= 0.6 is 11.6 Å². The van der Waals surface area contributed by atoms with Crippen molar-refractivity contribution in [1.82, 2.24) is 5.32 Å². The summed E-state index contributed by atoms with van der Waals surface area (Å²) in [6.07, 6.45) is 4.57. The summed E-state index contributed by atoms with van der Waals surface area (Å²) in [5, 5.41) is 4.13. The number of likely N-dealkylation sites (N-methyl/N-ethyl adjacent to an activating group) is 1. The van der Waals surface area contributed by atoms with Crippen molar-refractivity contribution in [2.75, 3.05) is 20.7 Å². The van der Waals surface area contributed by atoms with E-state index >= 15 is 0 Å². The van der Waals surface area contributed by atoms with Crippen molar-refractivity contribution >= 4 is 11.6 Å². The molecule has 0 atom stereocenters. The maximum absolute atomic E-state index is 6.20. The highest BCUT2D eigenvalue weighted by Crippen LogP contribution is 2.40. The molecule has 0 amide bonds. The van der Waals surface area contributed by atoms with E-state index in [0.717, 1.165) is 43.0 Å². The van der Waals surface area contributed by atoms with Crippen molar-refractivity contribution in [3.63, 3.8) is 0 Å². The Morgan fingerprint density at radius 1 is 1.21 bits per heavy atom. The van der Waals surface area contributed by atoms with Gasteiger partial charge in [0.1, 0.15) is 5.75 Å². The van der Waals surface area contributed by atoms with Gasteiger partial charge in [0.15, 0.2) is 0 Å². The van der Waals surface area contributed by atoms with Crippen LogP contribution in [0, 0.1) is 0 Å². The number of benzene rings is 1. The van der Waals surface area contributed by atoms with Gasteiger partial charge in [-0.25, -0.2) is 0 Å². The number of halogens is 1. The summed E-state index contributed by atoms with van der Waals surface area (Å²) in [4.78, 5) is 0. The Morgan fingerprint density at radius 2 is 1.84 bits per heavy atom. The number of methoxy groups -OCH3 is 1. The van der Waals surface area contributed by atoms with Gasteiger partial charge < -0.3 is 10.1 Å². The zero-order valence-corrected chi connectivity index (χ0v) is 13.3. The summed E-state index contributed by atoms with van der Waals surface area (Å²) < 4.78 is 5.56. The minimum atomic E-state index is 0.106. The molecule has 0 fully saturated rings. The van der Waals surface area contributed by atoms with Gasteiger partial charge in [-0.15, -0.1) is 0 Å². The van der Waals surface area contributed by atoms with Gasteiger partial charge in [0.05, 0.1) is 7.11 Å². The van der Waals surface area contributed by atoms with Gasteiger partial charge in [0.25, 0.3) is 0 Å². The second kappa shape index (κ2) is 7.76. The second-order valence-electron chi connectivity index (χ2n) is 5.16. The number of ether oxygens (including phenoxy) is 1. The van der Waals surface area contributed by atoms with Crippen LogP contribution in [0.25, 0.3) is 0 Å². The minimum Gasteiger partial charge on any atom is -0.496 e. The Kier molecular flexibility index (Phi) is 6.67. The van der Waals surface area contributed by atoms with Crippen LogP contribution < -0.4 is 10.1 Å². The summed E-state index contributed by atoms with van der Waals surface area (Å²) >= 11 is 6.20. The molecule has 1 N–H and O–H groups in total. The summed E-state index contributed by atoms with van der Waals surface area (Å²) in [6, 6.07) is 5.95. The quantitative estimate of drug-likeness (QED) is 0.763. The van der Waals surface area contributed by atoms with Crippen molar-refractivity contribution < 1.29 is 4.74 Å². The Labute approximate surface area is 122 Å². The molecular weight excluding hydrogens is 258 g/mol. The molecule has 1 aromatic carbocycles. The van der Waals surface area contributed by atoms with E-state index in [-0.39, 0.29) is 5.41 Å². The van der Waals surface area contributed by atoms with E-state index in [9.17, 15) is 0 Å². The molecule has 1 aromatic rings. The first-order valence-electron chi connectivity index (χ1n) is 7.12. The maximum Gasteiger partial charge on any atom is 0.122 e. The summed E-state index contributed by atoms with van der Waals surface area (Å²) in [7, 11) is 3.74. The molecule has 19 heavy (non-hydrogen) atoms. The summed E-state index contributed by atoms with van der Waals surface area (Å²) in [5.41, 5.74) is 1.34. The lowest BCUT2D eigenvalue weighted by Gasteiger charge is -2.35. The van der Waals surface area contributed by atoms with Crippen LogP contribution in [-0.2, 0) is 5.41 Å². The average molecular weight is 284 g/mol. The van der Waals surface area contributed by atoms with Crippen LogP contribution in [0.4, 0.5) is 0 Å². The molecule has 0 radical (unpaired) electrons. The third-order valence-electron chi connectivity index (χ3n) is 3.71. The molecule has 0 bridgehead atoms. The van der Waals surface area contributed by atoms with Gasteiger partial charge in [0.2, 0.25) is 0 Å². The van der Waals surface area contributed by atoms with E-state index in [1.807, 2.05) is 19.2 Å². The molecule has 0 spiro atoms. The Balaban J connectivity index is 3.31. The van der Waals surface area contributed by atoms with Crippen LogP contribution in [0.15, 0.2) is 18.2 Å². The van der Waals surface area contributed by atoms with Gasteiger partial charge in [-0.1, -0.05) is 38.3 Å². The highest BCUT2D eigenvalue weighted by molar-refractivity contribution is 6.30. The molecule has 2 nitrogen and oxygen atoms in total. The lowest BCUT2D eigenvalue weighted by Crippen LogP contribution is -2.37. The first-order valence-corrected chi connectivity index (χ1v) is 7.50. The van der Waals surface area contributed by atoms with Crippen LogP contribution in [0.3, 0.4) is 0 Å². The second-order valence-corrected chi connectivity index (χ2v) is 5.59. The van der Waals surface area contributed by atoms with Gasteiger partial charge in [-0.2, -0.15) is 0 Å². The molecule has 3 heteroatoms. The van der Waals surface area contributed by atoms with Crippen molar-refractivity contribution in [1.29, 1.82) is 0 Å². The lowest BCUT2D eigenvalue weighted by atomic mass is 9.73. The van der Waals surface area contributed by atoms with Crippen LogP contribution in [0.5, 0.6) is 5.75 Å². The first-order chi connectivity index (χ1) is 9.13. The van der Waals surface area contributed by atoms with Gasteiger partial charge in [-0.3, -0.25) is 0 Å². The fourth-order valence-corrected chi connectivity index (χ4v) is 3.23. The van der Waals surface area contributed by atoms with E-state index < -0.39 is 0 Å². The maximum atomic E-state index is 6.20. The molecule has 108 valence electrons. The third-order valence-corrected chi connectivity index (χ3v) is 3.94. The molecular formula is C16H26ClNO. The first kappa shape index (κ1) is 16.3. The number of hydrogen-bond acceptors (Lipinski definition) is 2. The van der Waals surface area contributed by atoms with Crippen molar-refractivity contribution in [2.45, 2.75) is 44.9 Å². The van der Waals surface area contributed by atoms with Crippen LogP contribution in [0.1, 0.15) is 45.1 Å². The number of rotatable bonds is 8. The van der Waals surface area contributed by atoms with Crippen molar-refractivity contribution in [3.05, 3.63) is 28.8 Å². The summed E-state index contributed by atoms with van der Waals surface area (Å²) in [5.74, 6) is 0.946. The van der Waals surface area contributed by atoms with Crippen LogP contribution in [-0.4, -0.2) is 20.7 Å². The zero-order chi connectivity index (χ0) is 14.3. The van der Waals surface area contributed by atoms with Gasteiger partial charge >= 0.3 is 0 Å². The predicted molar refractivity (Wildman–Crippen MR) is 83.4 cm³/mol. The van der Waals surface area contributed by atoms with Gasteiger partial charge in [0, 0.05) is 22.5 Å². The molecule has 0 aliphatic heterocycles. The monoisotopic (exact) mass is 283 g/mol. The SMILES string of the molecule is CCCC(CCC)(CNC)c1cc(Cl)ccc1OC. The van der Waals surface area contributed by atoms with E-state index in [0.29, 0.717) is 0 Å². The fourth-order valence-electron chi connectivity index (χ4n) is 3.06. The molecule has 0 heterocycles. The molecule has 0 aliphatic rings. The number of nitrogens with one attached hydrogen (secondary N) is 1. The van der Waals surface area contributed by atoms with Gasteiger partial charge in [-0.05, 0) is 38.1 Å². The molecule has 0 saturated heterocycles. The van der Waals surface area contributed by atoms with Crippen LogP contribution in [0.2, 0.25) is 5.02 Å². The smallest absolute Gasteiger partial charge is 0.122 e. The Hall–Kier alpha value is -0.730. The van der Waals surface area contributed by atoms with Crippen molar-refractivity contribution in [2.24, 2.45) is 0 Å². The number of hydrogen-bond donors (Lipinski definition) is 1. The normalized spacial score (nSPS) is 11.6. The Morgan fingerprint density at radius 3 is 2.32 bits per heavy atom. The standard InChI is InChI=1S/C16H26ClNO/c1-5-9-16(10-6-2,12-18-3)14-11-13(17)7-8-15(14)19-4/h7-8,11,18H,5-6,9-10,12H2,1-4H3. The Bertz CT molecular complexity index is 375. The molecule has 1 rings (SSSR count). The highest BCUT2D eigenvalue weighted by Gasteiger charge is 2.32. The molecule has 0 aromatic heterocycles. The predicted octanol–water partition coefficient (Wildman–Crippen LogP) is 4.41. The zero-order valence-electron chi connectivity index (χ0n) is 12.6. The van der Waals surface area contributed by atoms with E-state index in [2.05, 4.69) is 25.2 Å². The highest BCUT2D eigenvalue weighted by atomic mass is 35.5. The largest absolute Gasteiger partial charge is 0.496 e. The molecule has 0 saturated carbocycles. The minimum absolute atomic E-state index is 0.106. The van der Waals surface area contributed by atoms with Crippen molar-refractivity contribution in [3.8, 4) is 5.75 Å². The average Bonchev–Trinajstić information content (AvgIpc) is 2.39. The third kappa shape index (κ3) is 3.87. The topological polar surface area (TPSA) is 21.3 Å². The van der Waals surface area contributed by atoms with E-state index in [4.69, 9.17) is 16.3 Å². The fraction of sp³-hybridized carbons (Fsp3) is 0.625.